The number of ether oxygens (including phenoxy) is 2. The summed E-state index contributed by atoms with van der Waals surface area (Å²) >= 11 is 0. The summed E-state index contributed by atoms with van der Waals surface area (Å²) in [6.07, 6.45) is 1.48. The smallest absolute Gasteiger partial charge is 0.260 e. The molecule has 0 amide bonds. The van der Waals surface area contributed by atoms with E-state index in [1.807, 2.05) is 6.92 Å². The third-order valence-corrected chi connectivity index (χ3v) is 1.52. The summed E-state index contributed by atoms with van der Waals surface area (Å²) in [4.78, 5) is 7.90. The van der Waals surface area contributed by atoms with Crippen LogP contribution in [0, 0.1) is 6.92 Å². The van der Waals surface area contributed by atoms with E-state index < -0.39 is 0 Å². The molecule has 0 aromatic carbocycles. The van der Waals surface area contributed by atoms with Gasteiger partial charge in [0, 0.05) is 0 Å². The molecule has 0 unspecified atom stereocenters. The molecule has 0 saturated heterocycles. The van der Waals surface area contributed by atoms with Crippen molar-refractivity contribution >= 4 is 0 Å². The predicted molar refractivity (Wildman–Crippen MR) is 37.8 cm³/mol. The SMILES string of the molecule is Cc1ncnc2c1OCCO2. The fourth-order valence-corrected chi connectivity index (χ4v) is 0.991. The van der Waals surface area contributed by atoms with E-state index in [-0.39, 0.29) is 0 Å². The van der Waals surface area contributed by atoms with Crippen molar-refractivity contribution in [2.45, 2.75) is 6.92 Å². The van der Waals surface area contributed by atoms with Crippen LogP contribution in [0.3, 0.4) is 0 Å². The first-order valence-electron chi connectivity index (χ1n) is 3.45. The van der Waals surface area contributed by atoms with Gasteiger partial charge in [0.1, 0.15) is 19.5 Å². The number of fused-ring (bicyclic) bond motifs is 1. The summed E-state index contributed by atoms with van der Waals surface area (Å²) in [7, 11) is 0. The Balaban J connectivity index is 2.49. The highest BCUT2D eigenvalue weighted by Crippen LogP contribution is 2.28. The molecule has 11 heavy (non-hydrogen) atoms. The quantitative estimate of drug-likeness (QED) is 0.544. The van der Waals surface area contributed by atoms with E-state index in [1.54, 1.807) is 0 Å². The molecule has 1 aliphatic rings. The Morgan fingerprint density at radius 2 is 2.09 bits per heavy atom. The molecule has 4 nitrogen and oxygen atoms in total. The number of rotatable bonds is 0. The van der Waals surface area contributed by atoms with E-state index in [0.29, 0.717) is 24.8 Å². The standard InChI is InChI=1S/C7H8N2O2/c1-5-6-7(9-4-8-5)11-3-2-10-6/h4H,2-3H2,1H3. The zero-order valence-corrected chi connectivity index (χ0v) is 6.20. The lowest BCUT2D eigenvalue weighted by atomic mass is 10.4. The van der Waals surface area contributed by atoms with Crippen LogP contribution in [0.25, 0.3) is 0 Å². The van der Waals surface area contributed by atoms with Gasteiger partial charge in [0.25, 0.3) is 5.88 Å². The fourth-order valence-electron chi connectivity index (χ4n) is 0.991. The summed E-state index contributed by atoms with van der Waals surface area (Å²) in [6.45, 7) is 3.03. The van der Waals surface area contributed by atoms with Crippen LogP contribution in [0.15, 0.2) is 6.33 Å². The normalized spacial score (nSPS) is 14.6. The molecule has 0 bridgehead atoms. The van der Waals surface area contributed by atoms with Crippen LogP contribution in [-0.2, 0) is 0 Å². The number of hydrogen-bond acceptors (Lipinski definition) is 4. The van der Waals surface area contributed by atoms with Crippen molar-refractivity contribution in [3.63, 3.8) is 0 Å². The lowest BCUT2D eigenvalue weighted by Crippen LogP contribution is -2.17. The van der Waals surface area contributed by atoms with Crippen molar-refractivity contribution in [1.29, 1.82) is 0 Å². The van der Waals surface area contributed by atoms with Crippen LogP contribution < -0.4 is 9.47 Å². The molecule has 0 aliphatic carbocycles. The van der Waals surface area contributed by atoms with E-state index in [9.17, 15) is 0 Å². The first-order chi connectivity index (χ1) is 5.38. The molecule has 58 valence electrons. The minimum absolute atomic E-state index is 0.559. The molecular weight excluding hydrogens is 144 g/mol. The van der Waals surface area contributed by atoms with Gasteiger partial charge in [-0.05, 0) is 6.92 Å². The summed E-state index contributed by atoms with van der Waals surface area (Å²) in [5.41, 5.74) is 0.828. The van der Waals surface area contributed by atoms with E-state index in [2.05, 4.69) is 9.97 Å². The van der Waals surface area contributed by atoms with Crippen LogP contribution in [-0.4, -0.2) is 23.2 Å². The minimum Gasteiger partial charge on any atom is -0.483 e. The third kappa shape index (κ3) is 1.00. The van der Waals surface area contributed by atoms with Crippen LogP contribution in [0.1, 0.15) is 5.69 Å². The Morgan fingerprint density at radius 3 is 2.91 bits per heavy atom. The molecule has 0 spiro atoms. The maximum atomic E-state index is 5.30. The van der Waals surface area contributed by atoms with E-state index >= 15 is 0 Å². The topological polar surface area (TPSA) is 44.2 Å². The highest BCUT2D eigenvalue weighted by molar-refractivity contribution is 5.37. The number of nitrogens with zero attached hydrogens (tertiary/aromatic N) is 2. The van der Waals surface area contributed by atoms with Gasteiger partial charge in [-0.25, -0.2) is 4.98 Å². The molecule has 0 atom stereocenters. The highest BCUT2D eigenvalue weighted by Gasteiger charge is 2.14. The van der Waals surface area contributed by atoms with Gasteiger partial charge in [-0.15, -0.1) is 0 Å². The van der Waals surface area contributed by atoms with Crippen molar-refractivity contribution in [2.75, 3.05) is 13.2 Å². The Kier molecular flexibility index (Phi) is 1.38. The van der Waals surface area contributed by atoms with Crippen LogP contribution in [0.5, 0.6) is 11.6 Å². The van der Waals surface area contributed by atoms with Crippen molar-refractivity contribution in [3.05, 3.63) is 12.0 Å². The van der Waals surface area contributed by atoms with Crippen molar-refractivity contribution in [1.82, 2.24) is 9.97 Å². The maximum absolute atomic E-state index is 5.30. The van der Waals surface area contributed by atoms with Crippen molar-refractivity contribution < 1.29 is 9.47 Å². The average Bonchev–Trinajstić information content (AvgIpc) is 2.06. The van der Waals surface area contributed by atoms with Crippen LogP contribution >= 0.6 is 0 Å². The minimum atomic E-state index is 0.559. The van der Waals surface area contributed by atoms with E-state index in [4.69, 9.17) is 9.47 Å². The third-order valence-electron chi connectivity index (χ3n) is 1.52. The molecule has 0 saturated carbocycles. The van der Waals surface area contributed by atoms with Crippen molar-refractivity contribution in [3.8, 4) is 11.6 Å². The molecule has 1 aromatic heterocycles. The molecule has 2 rings (SSSR count). The molecule has 4 heteroatoms. The van der Waals surface area contributed by atoms with Gasteiger partial charge in [0.2, 0.25) is 5.75 Å². The second-order valence-electron chi connectivity index (χ2n) is 2.29. The van der Waals surface area contributed by atoms with Gasteiger partial charge in [-0.3, -0.25) is 0 Å². The number of aryl methyl sites for hydroxylation is 1. The highest BCUT2D eigenvalue weighted by atomic mass is 16.6. The Morgan fingerprint density at radius 1 is 1.27 bits per heavy atom. The number of aromatic nitrogens is 2. The lowest BCUT2D eigenvalue weighted by molar-refractivity contribution is 0.162. The largest absolute Gasteiger partial charge is 0.483 e. The van der Waals surface area contributed by atoms with Crippen LogP contribution in [0.2, 0.25) is 0 Å². The maximum Gasteiger partial charge on any atom is 0.260 e. The van der Waals surface area contributed by atoms with Crippen LogP contribution in [0.4, 0.5) is 0 Å². The number of hydrogen-bond donors (Lipinski definition) is 0. The van der Waals surface area contributed by atoms with E-state index in [0.717, 1.165) is 5.69 Å². The first kappa shape index (κ1) is 6.39. The molecule has 0 N–H and O–H groups in total. The summed E-state index contributed by atoms with van der Waals surface area (Å²) in [5, 5.41) is 0. The molecular formula is C7H8N2O2. The monoisotopic (exact) mass is 152 g/mol. The Hall–Kier alpha value is -1.32. The summed E-state index contributed by atoms with van der Waals surface area (Å²) in [6, 6.07) is 0. The zero-order valence-electron chi connectivity index (χ0n) is 6.20. The first-order valence-corrected chi connectivity index (χ1v) is 3.45. The molecule has 2 heterocycles. The Bertz CT molecular complexity index is 275. The molecule has 1 aromatic rings. The zero-order chi connectivity index (χ0) is 7.68. The average molecular weight is 152 g/mol. The fraction of sp³-hybridized carbons (Fsp3) is 0.429. The second kappa shape index (κ2) is 2.38. The molecule has 1 aliphatic heterocycles. The van der Waals surface area contributed by atoms with Gasteiger partial charge >= 0.3 is 0 Å². The predicted octanol–water partition coefficient (Wildman–Crippen LogP) is 0.556. The molecule has 0 radical (unpaired) electrons. The summed E-state index contributed by atoms with van der Waals surface area (Å²) in [5.74, 6) is 1.24. The van der Waals surface area contributed by atoms with Gasteiger partial charge < -0.3 is 9.47 Å². The Labute approximate surface area is 64.2 Å². The van der Waals surface area contributed by atoms with E-state index in [1.165, 1.54) is 6.33 Å². The van der Waals surface area contributed by atoms with Gasteiger partial charge in [-0.2, -0.15) is 4.98 Å². The van der Waals surface area contributed by atoms with Gasteiger partial charge in [0.05, 0.1) is 5.69 Å². The van der Waals surface area contributed by atoms with Crippen molar-refractivity contribution in [2.24, 2.45) is 0 Å². The van der Waals surface area contributed by atoms with Gasteiger partial charge in [-0.1, -0.05) is 0 Å². The summed E-state index contributed by atoms with van der Waals surface area (Å²) < 4.78 is 10.5. The molecule has 0 fully saturated rings. The van der Waals surface area contributed by atoms with Gasteiger partial charge in [0.15, 0.2) is 0 Å². The second-order valence-corrected chi connectivity index (χ2v) is 2.29. The lowest BCUT2D eigenvalue weighted by Gasteiger charge is -2.17.